The van der Waals surface area contributed by atoms with Crippen LogP contribution < -0.4 is 19.5 Å². The zero-order valence-electron chi connectivity index (χ0n) is 13.3. The van der Waals surface area contributed by atoms with Crippen molar-refractivity contribution in [2.75, 3.05) is 41.5 Å². The van der Waals surface area contributed by atoms with Gasteiger partial charge in [-0.25, -0.2) is 0 Å². The van der Waals surface area contributed by atoms with Crippen LogP contribution in [0.1, 0.15) is 24.5 Å². The van der Waals surface area contributed by atoms with E-state index in [4.69, 9.17) is 18.9 Å². The Balaban J connectivity index is 2.37. The molecule has 0 aliphatic carbocycles. The lowest BCUT2D eigenvalue weighted by Crippen LogP contribution is -2.30. The van der Waals surface area contributed by atoms with Gasteiger partial charge in [0.2, 0.25) is 5.75 Å². The van der Waals surface area contributed by atoms with E-state index in [1.807, 2.05) is 19.2 Å². The molecule has 21 heavy (non-hydrogen) atoms. The van der Waals surface area contributed by atoms with Gasteiger partial charge in [0.25, 0.3) is 0 Å². The first-order valence-electron chi connectivity index (χ1n) is 7.31. The fourth-order valence-corrected chi connectivity index (χ4v) is 2.95. The molecule has 0 spiro atoms. The summed E-state index contributed by atoms with van der Waals surface area (Å²) >= 11 is 0. The summed E-state index contributed by atoms with van der Waals surface area (Å²) in [7, 11) is 6.85. The molecule has 1 saturated heterocycles. The maximum absolute atomic E-state index is 6.01. The Morgan fingerprint density at radius 1 is 1.14 bits per heavy atom. The first-order chi connectivity index (χ1) is 10.2. The van der Waals surface area contributed by atoms with Gasteiger partial charge in [-0.2, -0.15) is 0 Å². The summed E-state index contributed by atoms with van der Waals surface area (Å²) in [5.74, 6) is 2.41. The number of rotatable bonds is 6. The van der Waals surface area contributed by atoms with Gasteiger partial charge in [0, 0.05) is 19.1 Å². The van der Waals surface area contributed by atoms with Gasteiger partial charge >= 0.3 is 0 Å². The lowest BCUT2D eigenvalue weighted by Gasteiger charge is -2.32. The standard InChI is InChI=1S/C16H25NO4/c1-17-10-11-6-5-7-21-15(11)12-8-13(18-2)16(20-4)14(9-12)19-3/h8-9,11,15,17H,5-7,10H2,1-4H3. The van der Waals surface area contributed by atoms with Gasteiger partial charge in [-0.1, -0.05) is 0 Å². The lowest BCUT2D eigenvalue weighted by atomic mass is 9.89. The Hall–Kier alpha value is -1.46. The highest BCUT2D eigenvalue weighted by atomic mass is 16.5. The third-order valence-corrected chi connectivity index (χ3v) is 3.93. The van der Waals surface area contributed by atoms with Crippen molar-refractivity contribution in [3.05, 3.63) is 17.7 Å². The zero-order valence-corrected chi connectivity index (χ0v) is 13.3. The molecule has 1 aliphatic rings. The summed E-state index contributed by atoms with van der Waals surface area (Å²) in [5.41, 5.74) is 1.07. The fourth-order valence-electron chi connectivity index (χ4n) is 2.95. The molecule has 2 atom stereocenters. The van der Waals surface area contributed by atoms with Gasteiger partial charge in [0.05, 0.1) is 27.4 Å². The van der Waals surface area contributed by atoms with Crippen LogP contribution in [0.15, 0.2) is 12.1 Å². The predicted molar refractivity (Wildman–Crippen MR) is 81.4 cm³/mol. The number of nitrogens with one attached hydrogen (secondary N) is 1. The van der Waals surface area contributed by atoms with E-state index in [2.05, 4.69) is 5.32 Å². The summed E-state index contributed by atoms with van der Waals surface area (Å²) < 4.78 is 22.2. The van der Waals surface area contributed by atoms with E-state index in [0.29, 0.717) is 23.2 Å². The normalized spacial score (nSPS) is 21.9. The molecule has 0 aromatic heterocycles. The van der Waals surface area contributed by atoms with Crippen LogP contribution in [0.4, 0.5) is 0 Å². The number of benzene rings is 1. The van der Waals surface area contributed by atoms with E-state index in [1.54, 1.807) is 21.3 Å². The second-order valence-corrected chi connectivity index (χ2v) is 5.21. The van der Waals surface area contributed by atoms with Crippen molar-refractivity contribution in [1.82, 2.24) is 5.32 Å². The Morgan fingerprint density at radius 3 is 2.33 bits per heavy atom. The van der Waals surface area contributed by atoms with Crippen LogP contribution in [-0.4, -0.2) is 41.5 Å². The van der Waals surface area contributed by atoms with Crippen LogP contribution in [-0.2, 0) is 4.74 Å². The molecule has 2 unspecified atom stereocenters. The highest BCUT2D eigenvalue weighted by Crippen LogP contribution is 2.43. The maximum atomic E-state index is 6.01. The quantitative estimate of drug-likeness (QED) is 0.873. The van der Waals surface area contributed by atoms with E-state index in [-0.39, 0.29) is 6.10 Å². The highest BCUT2D eigenvalue weighted by molar-refractivity contribution is 5.54. The Kier molecular flexibility index (Phi) is 5.70. The van der Waals surface area contributed by atoms with Gasteiger partial charge in [0.1, 0.15) is 0 Å². The minimum absolute atomic E-state index is 0.0555. The van der Waals surface area contributed by atoms with Crippen LogP contribution in [0.25, 0.3) is 0 Å². The Morgan fingerprint density at radius 2 is 1.81 bits per heavy atom. The molecule has 1 aromatic carbocycles. The summed E-state index contributed by atoms with van der Waals surface area (Å²) in [6.07, 6.45) is 2.31. The third-order valence-electron chi connectivity index (χ3n) is 3.93. The zero-order chi connectivity index (χ0) is 15.2. The maximum Gasteiger partial charge on any atom is 0.203 e. The van der Waals surface area contributed by atoms with E-state index < -0.39 is 0 Å². The summed E-state index contributed by atoms with van der Waals surface area (Å²) in [6.45, 7) is 1.73. The van der Waals surface area contributed by atoms with E-state index in [1.165, 1.54) is 0 Å². The number of hydrogen-bond donors (Lipinski definition) is 1. The lowest BCUT2D eigenvalue weighted by molar-refractivity contribution is -0.0274. The molecule has 1 aromatic rings. The molecule has 0 radical (unpaired) electrons. The predicted octanol–water partition coefficient (Wildman–Crippen LogP) is 2.40. The van der Waals surface area contributed by atoms with Crippen LogP contribution in [0.3, 0.4) is 0 Å². The van der Waals surface area contributed by atoms with Crippen molar-refractivity contribution in [3.8, 4) is 17.2 Å². The summed E-state index contributed by atoms with van der Waals surface area (Å²) in [4.78, 5) is 0. The first-order valence-corrected chi connectivity index (χ1v) is 7.31. The van der Waals surface area contributed by atoms with Gasteiger partial charge in [-0.05, 0) is 37.6 Å². The molecule has 118 valence electrons. The van der Waals surface area contributed by atoms with Gasteiger partial charge < -0.3 is 24.3 Å². The molecule has 2 rings (SSSR count). The molecule has 1 aliphatic heterocycles. The van der Waals surface area contributed by atoms with Crippen molar-refractivity contribution in [1.29, 1.82) is 0 Å². The van der Waals surface area contributed by atoms with Crippen LogP contribution in [0.5, 0.6) is 17.2 Å². The van der Waals surface area contributed by atoms with Crippen molar-refractivity contribution in [3.63, 3.8) is 0 Å². The summed E-state index contributed by atoms with van der Waals surface area (Å²) in [6, 6.07) is 3.97. The van der Waals surface area contributed by atoms with Crippen molar-refractivity contribution in [2.24, 2.45) is 5.92 Å². The number of methoxy groups -OCH3 is 3. The molecule has 1 fully saturated rings. The Labute approximate surface area is 126 Å². The van der Waals surface area contributed by atoms with Gasteiger partial charge in [-0.3, -0.25) is 0 Å². The fraction of sp³-hybridized carbons (Fsp3) is 0.625. The highest BCUT2D eigenvalue weighted by Gasteiger charge is 2.29. The third kappa shape index (κ3) is 3.41. The molecular formula is C16H25NO4. The van der Waals surface area contributed by atoms with Crippen LogP contribution in [0.2, 0.25) is 0 Å². The molecule has 0 amide bonds. The molecule has 0 bridgehead atoms. The van der Waals surface area contributed by atoms with Gasteiger partial charge in [0.15, 0.2) is 11.5 Å². The smallest absolute Gasteiger partial charge is 0.203 e. The first kappa shape index (κ1) is 15.9. The number of hydrogen-bond acceptors (Lipinski definition) is 5. The monoisotopic (exact) mass is 295 g/mol. The molecule has 5 nitrogen and oxygen atoms in total. The second kappa shape index (κ2) is 7.52. The van der Waals surface area contributed by atoms with E-state index in [0.717, 1.165) is 31.6 Å². The van der Waals surface area contributed by atoms with Crippen molar-refractivity contribution in [2.45, 2.75) is 18.9 Å². The number of ether oxygens (including phenoxy) is 4. The van der Waals surface area contributed by atoms with Gasteiger partial charge in [-0.15, -0.1) is 0 Å². The van der Waals surface area contributed by atoms with Crippen LogP contribution >= 0.6 is 0 Å². The van der Waals surface area contributed by atoms with E-state index >= 15 is 0 Å². The second-order valence-electron chi connectivity index (χ2n) is 5.21. The average Bonchev–Trinajstić information content (AvgIpc) is 2.54. The Bertz CT molecular complexity index is 437. The van der Waals surface area contributed by atoms with Crippen molar-refractivity contribution >= 4 is 0 Å². The SMILES string of the molecule is CNCC1CCCOC1c1cc(OC)c(OC)c(OC)c1. The average molecular weight is 295 g/mol. The van der Waals surface area contributed by atoms with Crippen LogP contribution in [0, 0.1) is 5.92 Å². The minimum Gasteiger partial charge on any atom is -0.493 e. The minimum atomic E-state index is 0.0555. The molecular weight excluding hydrogens is 270 g/mol. The molecule has 5 heteroatoms. The topological polar surface area (TPSA) is 49.0 Å². The van der Waals surface area contributed by atoms with Crippen molar-refractivity contribution < 1.29 is 18.9 Å². The van der Waals surface area contributed by atoms with E-state index in [9.17, 15) is 0 Å². The molecule has 0 saturated carbocycles. The molecule has 1 heterocycles. The largest absolute Gasteiger partial charge is 0.493 e. The molecule has 1 N–H and O–H groups in total. The summed E-state index contributed by atoms with van der Waals surface area (Å²) in [5, 5.41) is 3.25.